The van der Waals surface area contributed by atoms with E-state index in [1.807, 2.05) is 6.07 Å². The molecule has 1 atom stereocenters. The van der Waals surface area contributed by atoms with Crippen molar-refractivity contribution in [3.05, 3.63) is 52.8 Å². The fraction of sp³-hybridized carbons (Fsp3) is 0.448. The molecule has 41 heavy (non-hydrogen) atoms. The Morgan fingerprint density at radius 1 is 1.17 bits per heavy atom. The van der Waals surface area contributed by atoms with E-state index in [0.29, 0.717) is 66.2 Å². The minimum Gasteiger partial charge on any atom is -0.493 e. The fourth-order valence-corrected chi connectivity index (χ4v) is 5.13. The molecule has 0 radical (unpaired) electrons. The number of piperidine rings is 1. The molecule has 220 valence electrons. The summed E-state index contributed by atoms with van der Waals surface area (Å²) in [6.45, 7) is 6.40. The molecule has 0 bridgehead atoms. The van der Waals surface area contributed by atoms with E-state index in [0.717, 1.165) is 17.7 Å². The predicted octanol–water partition coefficient (Wildman–Crippen LogP) is 5.68. The zero-order valence-electron chi connectivity index (χ0n) is 23.2. The van der Waals surface area contributed by atoms with Crippen LogP contribution in [0.15, 0.2) is 30.3 Å². The first-order chi connectivity index (χ1) is 19.3. The number of nitrogens with one attached hydrogen (secondary N) is 1. The first kappa shape index (κ1) is 29.9. The summed E-state index contributed by atoms with van der Waals surface area (Å²) in [5.74, 6) is 0.684. The number of carboxylic acid groups (broad SMARTS) is 1. The highest BCUT2D eigenvalue weighted by molar-refractivity contribution is 5.91. The van der Waals surface area contributed by atoms with Gasteiger partial charge in [-0.2, -0.15) is 13.2 Å². The highest BCUT2D eigenvalue weighted by atomic mass is 19.4. The van der Waals surface area contributed by atoms with Gasteiger partial charge >= 0.3 is 12.1 Å². The number of nitrogen functional groups attached to an aromatic ring is 1. The van der Waals surface area contributed by atoms with E-state index in [1.165, 1.54) is 6.07 Å². The zero-order valence-corrected chi connectivity index (χ0v) is 23.2. The summed E-state index contributed by atoms with van der Waals surface area (Å²) >= 11 is 0. The molecule has 0 aliphatic carbocycles. The second-order valence-electron chi connectivity index (χ2n) is 10.4. The number of alkyl halides is 3. The van der Waals surface area contributed by atoms with Crippen LogP contribution in [0.4, 0.5) is 24.7 Å². The molecule has 1 saturated heterocycles. The van der Waals surface area contributed by atoms with Gasteiger partial charge in [0.25, 0.3) is 0 Å². The Bertz CT molecular complexity index is 1440. The van der Waals surface area contributed by atoms with Gasteiger partial charge in [-0.25, -0.2) is 9.97 Å². The summed E-state index contributed by atoms with van der Waals surface area (Å²) in [5.41, 5.74) is 6.80. The summed E-state index contributed by atoms with van der Waals surface area (Å²) in [5, 5.41) is 12.9. The van der Waals surface area contributed by atoms with Crippen molar-refractivity contribution in [2.75, 3.05) is 30.7 Å². The summed E-state index contributed by atoms with van der Waals surface area (Å²) < 4.78 is 46.3. The molecule has 1 aliphatic rings. The highest BCUT2D eigenvalue weighted by Crippen LogP contribution is 2.39. The summed E-state index contributed by atoms with van der Waals surface area (Å²) in [6.07, 6.45) is -2.79. The Labute approximate surface area is 235 Å². The smallest absolute Gasteiger partial charge is 0.416 e. The van der Waals surface area contributed by atoms with Crippen molar-refractivity contribution in [3.63, 3.8) is 0 Å². The van der Waals surface area contributed by atoms with E-state index in [1.54, 1.807) is 31.7 Å². The van der Waals surface area contributed by atoms with Gasteiger partial charge in [-0.1, -0.05) is 0 Å². The van der Waals surface area contributed by atoms with Crippen molar-refractivity contribution in [2.45, 2.75) is 64.6 Å². The number of anilines is 2. The van der Waals surface area contributed by atoms with Gasteiger partial charge in [-0.3, -0.25) is 9.59 Å². The van der Waals surface area contributed by atoms with Crippen LogP contribution in [-0.2, 0) is 15.8 Å². The average Bonchev–Trinajstić information content (AvgIpc) is 2.89. The second-order valence-corrected chi connectivity index (χ2v) is 10.4. The van der Waals surface area contributed by atoms with Crippen LogP contribution in [0.1, 0.15) is 74.0 Å². The lowest BCUT2D eigenvalue weighted by atomic mass is 9.88. The summed E-state index contributed by atoms with van der Waals surface area (Å²) in [4.78, 5) is 33.8. The molecule has 1 unspecified atom stereocenters. The first-order valence-corrected chi connectivity index (χ1v) is 13.5. The van der Waals surface area contributed by atoms with Crippen LogP contribution < -0.4 is 15.8 Å². The summed E-state index contributed by atoms with van der Waals surface area (Å²) in [6, 6.07) is 6.65. The maximum atomic E-state index is 13.4. The third-order valence-electron chi connectivity index (χ3n) is 7.27. The molecule has 0 spiro atoms. The maximum Gasteiger partial charge on any atom is 0.416 e. The molecule has 0 saturated carbocycles. The molecular weight excluding hydrogens is 539 g/mol. The normalized spacial score (nSPS) is 15.1. The Morgan fingerprint density at radius 2 is 1.88 bits per heavy atom. The molecule has 1 aromatic heterocycles. The number of ether oxygens (including phenoxy) is 1. The van der Waals surface area contributed by atoms with Crippen molar-refractivity contribution in [1.29, 1.82) is 0 Å². The van der Waals surface area contributed by atoms with E-state index in [9.17, 15) is 22.8 Å². The maximum absolute atomic E-state index is 13.4. The number of likely N-dealkylation sites (tertiary alicyclic amines) is 1. The minimum atomic E-state index is -4.53. The largest absolute Gasteiger partial charge is 0.493 e. The van der Waals surface area contributed by atoms with Crippen LogP contribution in [0.25, 0.3) is 10.9 Å². The molecule has 4 N–H and O–H groups in total. The monoisotopic (exact) mass is 573 g/mol. The second kappa shape index (κ2) is 12.2. The number of carbonyl (C=O) groups excluding carboxylic acids is 1. The zero-order chi connectivity index (χ0) is 29.9. The Hall–Kier alpha value is -4.09. The van der Waals surface area contributed by atoms with Crippen LogP contribution in [0.2, 0.25) is 0 Å². The van der Waals surface area contributed by atoms with Gasteiger partial charge in [0.2, 0.25) is 5.91 Å². The van der Waals surface area contributed by atoms with Gasteiger partial charge in [0, 0.05) is 43.6 Å². The molecular formula is C29H34F3N5O4. The van der Waals surface area contributed by atoms with Crippen LogP contribution in [0.3, 0.4) is 0 Å². The fourth-order valence-electron chi connectivity index (χ4n) is 5.13. The molecule has 2 aromatic carbocycles. The SMILES string of the molecule is CC(=O)N1CCC(c2cc3c(NC(C)c4cc(N)cc(C(F)(F)F)c4)nc(C)nc3cc2OCCCC(=O)O)CC1. The molecule has 3 aromatic rings. The van der Waals surface area contributed by atoms with Gasteiger partial charge in [-0.15, -0.1) is 0 Å². The predicted molar refractivity (Wildman–Crippen MR) is 149 cm³/mol. The Morgan fingerprint density at radius 3 is 2.51 bits per heavy atom. The van der Waals surface area contributed by atoms with Gasteiger partial charge in [0.15, 0.2) is 0 Å². The molecule has 1 amide bonds. The van der Waals surface area contributed by atoms with Crippen molar-refractivity contribution in [1.82, 2.24) is 14.9 Å². The van der Waals surface area contributed by atoms with E-state index in [2.05, 4.69) is 15.3 Å². The Kier molecular flexibility index (Phi) is 8.89. The van der Waals surface area contributed by atoms with E-state index in [-0.39, 0.29) is 30.5 Å². The number of benzene rings is 2. The van der Waals surface area contributed by atoms with Crippen LogP contribution >= 0.6 is 0 Å². The van der Waals surface area contributed by atoms with Crippen molar-refractivity contribution in [2.24, 2.45) is 0 Å². The number of aromatic nitrogens is 2. The van der Waals surface area contributed by atoms with Crippen LogP contribution in [-0.4, -0.2) is 51.5 Å². The molecule has 12 heteroatoms. The molecule has 4 rings (SSSR count). The number of hydrogen-bond acceptors (Lipinski definition) is 7. The number of carbonyl (C=O) groups is 2. The summed E-state index contributed by atoms with van der Waals surface area (Å²) in [7, 11) is 0. The van der Waals surface area contributed by atoms with Crippen molar-refractivity contribution in [3.8, 4) is 5.75 Å². The Balaban J connectivity index is 1.71. The minimum absolute atomic E-state index is 0.0103. The first-order valence-electron chi connectivity index (χ1n) is 13.5. The van der Waals surface area contributed by atoms with Gasteiger partial charge in [-0.05, 0) is 74.4 Å². The molecule has 2 heterocycles. The standard InChI is InChI=1S/C29H34F3N5O4/c1-16(20-11-21(29(30,31)32)13-22(33)12-20)34-28-24-14-23(19-6-8-37(9-7-19)18(3)38)26(41-10-4-5-27(39)40)15-25(24)35-17(2)36-28/h11-16,19H,4-10,33H2,1-3H3,(H,39,40)(H,34,35,36). The number of aryl methyl sites for hydroxylation is 1. The van der Waals surface area contributed by atoms with Crippen molar-refractivity contribution < 1.29 is 32.6 Å². The third-order valence-corrected chi connectivity index (χ3v) is 7.27. The van der Waals surface area contributed by atoms with Crippen LogP contribution in [0.5, 0.6) is 5.75 Å². The number of hydrogen-bond donors (Lipinski definition) is 3. The van der Waals surface area contributed by atoms with Gasteiger partial charge in [0.1, 0.15) is 17.4 Å². The lowest BCUT2D eigenvalue weighted by Gasteiger charge is -2.32. The van der Waals surface area contributed by atoms with Crippen LogP contribution in [0, 0.1) is 6.92 Å². The highest BCUT2D eigenvalue weighted by Gasteiger charge is 2.32. The number of aliphatic carboxylic acids is 1. The number of halogens is 3. The van der Waals surface area contributed by atoms with E-state index < -0.39 is 23.8 Å². The molecule has 9 nitrogen and oxygen atoms in total. The topological polar surface area (TPSA) is 131 Å². The molecule has 1 aliphatic heterocycles. The van der Waals surface area contributed by atoms with E-state index >= 15 is 0 Å². The average molecular weight is 574 g/mol. The van der Waals surface area contributed by atoms with Crippen molar-refractivity contribution >= 4 is 34.3 Å². The number of nitrogens with two attached hydrogens (primary N) is 1. The van der Waals surface area contributed by atoms with Gasteiger partial charge in [0.05, 0.1) is 23.7 Å². The van der Waals surface area contributed by atoms with Gasteiger partial charge < -0.3 is 25.8 Å². The number of fused-ring (bicyclic) bond motifs is 1. The lowest BCUT2D eigenvalue weighted by Crippen LogP contribution is -2.36. The number of amides is 1. The quantitative estimate of drug-likeness (QED) is 0.220. The third kappa shape index (κ3) is 7.36. The lowest BCUT2D eigenvalue weighted by molar-refractivity contribution is -0.138. The number of nitrogens with zero attached hydrogens (tertiary/aromatic N) is 3. The number of carboxylic acids is 1. The number of rotatable bonds is 9. The van der Waals surface area contributed by atoms with E-state index in [4.69, 9.17) is 15.6 Å². The molecule has 1 fully saturated rings.